The van der Waals surface area contributed by atoms with Gasteiger partial charge in [-0.3, -0.25) is 9.20 Å². The highest BCUT2D eigenvalue weighted by Crippen LogP contribution is 2.26. The van der Waals surface area contributed by atoms with Gasteiger partial charge in [-0.15, -0.1) is 0 Å². The maximum atomic E-state index is 12.9. The van der Waals surface area contributed by atoms with Crippen molar-refractivity contribution in [2.45, 2.75) is 32.2 Å². The van der Waals surface area contributed by atoms with Gasteiger partial charge in [-0.05, 0) is 42.2 Å². The normalized spacial score (nSPS) is 16.2. The van der Waals surface area contributed by atoms with E-state index in [1.54, 1.807) is 17.5 Å². The Kier molecular flexibility index (Phi) is 3.79. The van der Waals surface area contributed by atoms with E-state index < -0.39 is 0 Å². The lowest BCUT2D eigenvalue weighted by atomic mass is 10.00. The van der Waals surface area contributed by atoms with E-state index in [1.807, 2.05) is 27.5 Å². The van der Waals surface area contributed by atoms with Crippen LogP contribution in [0.4, 0.5) is 0 Å². The van der Waals surface area contributed by atoms with Crippen LogP contribution >= 0.6 is 11.3 Å². The maximum absolute atomic E-state index is 12.9. The maximum Gasteiger partial charge on any atom is 0.276 e. The summed E-state index contributed by atoms with van der Waals surface area (Å²) in [7, 11) is 0. The van der Waals surface area contributed by atoms with Gasteiger partial charge in [0.2, 0.25) is 0 Å². The van der Waals surface area contributed by atoms with E-state index >= 15 is 0 Å². The summed E-state index contributed by atoms with van der Waals surface area (Å²) in [6, 6.07) is 2.06. The van der Waals surface area contributed by atoms with Crippen molar-refractivity contribution in [3.05, 3.63) is 56.7 Å². The molecule has 0 aromatic carbocycles. The number of fused-ring (bicyclic) bond motifs is 1. The van der Waals surface area contributed by atoms with Crippen LogP contribution < -0.4 is 5.56 Å². The van der Waals surface area contributed by atoms with Crippen molar-refractivity contribution >= 4 is 16.9 Å². The van der Waals surface area contributed by atoms with Crippen LogP contribution in [-0.2, 0) is 11.3 Å². The summed E-state index contributed by atoms with van der Waals surface area (Å²) >= 11 is 1.65. The van der Waals surface area contributed by atoms with Gasteiger partial charge in [0.05, 0.1) is 12.7 Å². The van der Waals surface area contributed by atoms with Crippen LogP contribution in [0.2, 0.25) is 0 Å². The summed E-state index contributed by atoms with van der Waals surface area (Å²) in [5, 5.41) is 4.12. The fourth-order valence-corrected chi connectivity index (χ4v) is 3.90. The first-order chi connectivity index (χ1) is 11.2. The topological polar surface area (TPSA) is 48.5 Å². The quantitative estimate of drug-likeness (QED) is 0.742. The van der Waals surface area contributed by atoms with Crippen LogP contribution in [0.15, 0.2) is 34.0 Å². The molecule has 0 bridgehead atoms. The molecule has 120 valence electrons. The van der Waals surface area contributed by atoms with Crippen molar-refractivity contribution in [3.8, 4) is 0 Å². The summed E-state index contributed by atoms with van der Waals surface area (Å²) < 4.78 is 9.24. The molecule has 6 heteroatoms. The van der Waals surface area contributed by atoms with Crippen LogP contribution in [0.5, 0.6) is 0 Å². The van der Waals surface area contributed by atoms with Gasteiger partial charge in [0, 0.05) is 31.0 Å². The number of imidazole rings is 1. The Labute approximate surface area is 138 Å². The molecule has 0 saturated carbocycles. The average Bonchev–Trinajstić information content (AvgIpc) is 3.22. The molecule has 0 atom stereocenters. The predicted molar refractivity (Wildman–Crippen MR) is 90.4 cm³/mol. The molecule has 3 aromatic heterocycles. The van der Waals surface area contributed by atoms with Gasteiger partial charge in [0.15, 0.2) is 0 Å². The molecule has 0 radical (unpaired) electrons. The van der Waals surface area contributed by atoms with Gasteiger partial charge < -0.3 is 9.30 Å². The Morgan fingerprint density at radius 2 is 2.22 bits per heavy atom. The van der Waals surface area contributed by atoms with Crippen LogP contribution in [0.3, 0.4) is 0 Å². The van der Waals surface area contributed by atoms with Crippen LogP contribution in [0, 0.1) is 6.92 Å². The lowest BCUT2D eigenvalue weighted by molar-refractivity contribution is 0.0835. The first-order valence-corrected chi connectivity index (χ1v) is 8.84. The lowest BCUT2D eigenvalue weighted by Crippen LogP contribution is -2.25. The third-order valence-corrected chi connectivity index (χ3v) is 5.27. The standard InChI is InChI=1S/C17H19N3O2S/c1-12-9-20-15(8-18-16(20)14-2-5-22-6-3-14)17(21)19(12)10-13-4-7-23-11-13/h4,7-9,11,14H,2-3,5-6,10H2,1H3. The fraction of sp³-hybridized carbons (Fsp3) is 0.412. The molecule has 0 spiro atoms. The number of aryl methyl sites for hydroxylation is 1. The lowest BCUT2D eigenvalue weighted by Gasteiger charge is -2.21. The van der Waals surface area contributed by atoms with E-state index in [0.717, 1.165) is 43.1 Å². The van der Waals surface area contributed by atoms with E-state index in [1.165, 1.54) is 0 Å². The first kappa shape index (κ1) is 14.7. The number of hydrogen-bond donors (Lipinski definition) is 0. The summed E-state index contributed by atoms with van der Waals surface area (Å²) in [5.41, 5.74) is 2.81. The van der Waals surface area contributed by atoms with Gasteiger partial charge in [0.1, 0.15) is 11.3 Å². The second-order valence-corrected chi connectivity index (χ2v) is 6.83. The molecule has 23 heavy (non-hydrogen) atoms. The zero-order valence-corrected chi connectivity index (χ0v) is 13.9. The second kappa shape index (κ2) is 5.94. The number of rotatable bonds is 3. The monoisotopic (exact) mass is 329 g/mol. The molecular weight excluding hydrogens is 310 g/mol. The van der Waals surface area contributed by atoms with Crippen LogP contribution in [0.1, 0.15) is 35.8 Å². The molecule has 1 saturated heterocycles. The highest BCUT2D eigenvalue weighted by molar-refractivity contribution is 7.07. The summed E-state index contributed by atoms with van der Waals surface area (Å²) in [4.78, 5) is 17.4. The van der Waals surface area contributed by atoms with Gasteiger partial charge >= 0.3 is 0 Å². The van der Waals surface area contributed by atoms with Crippen molar-refractivity contribution in [1.82, 2.24) is 14.0 Å². The molecule has 0 unspecified atom stereocenters. The Balaban J connectivity index is 1.78. The zero-order chi connectivity index (χ0) is 15.8. The minimum absolute atomic E-state index is 0.0296. The molecule has 4 heterocycles. The molecule has 1 aliphatic heterocycles. The Hall–Kier alpha value is -1.92. The SMILES string of the molecule is Cc1cn2c(C3CCOCC3)ncc2c(=O)n1Cc1ccsc1. The van der Waals surface area contributed by atoms with Crippen molar-refractivity contribution in [3.63, 3.8) is 0 Å². The molecule has 3 aromatic rings. The first-order valence-electron chi connectivity index (χ1n) is 7.90. The van der Waals surface area contributed by atoms with Crippen molar-refractivity contribution < 1.29 is 4.74 Å². The highest BCUT2D eigenvalue weighted by Gasteiger charge is 2.21. The van der Waals surface area contributed by atoms with E-state index in [4.69, 9.17) is 4.74 Å². The van der Waals surface area contributed by atoms with Gasteiger partial charge in [-0.2, -0.15) is 11.3 Å². The average molecular weight is 329 g/mol. The van der Waals surface area contributed by atoms with Crippen molar-refractivity contribution in [2.75, 3.05) is 13.2 Å². The minimum Gasteiger partial charge on any atom is -0.381 e. The largest absolute Gasteiger partial charge is 0.381 e. The van der Waals surface area contributed by atoms with E-state index in [-0.39, 0.29) is 5.56 Å². The highest BCUT2D eigenvalue weighted by atomic mass is 32.1. The minimum atomic E-state index is 0.0296. The Morgan fingerprint density at radius 3 is 2.96 bits per heavy atom. The smallest absolute Gasteiger partial charge is 0.276 e. The number of aromatic nitrogens is 3. The fourth-order valence-electron chi connectivity index (χ4n) is 3.24. The molecule has 0 amide bonds. The van der Waals surface area contributed by atoms with Crippen LogP contribution in [-0.4, -0.2) is 27.2 Å². The van der Waals surface area contributed by atoms with Crippen molar-refractivity contribution in [1.29, 1.82) is 0 Å². The second-order valence-electron chi connectivity index (χ2n) is 6.05. The number of nitrogens with zero attached hydrogens (tertiary/aromatic N) is 3. The predicted octanol–water partition coefficient (Wildman–Crippen LogP) is 2.81. The van der Waals surface area contributed by atoms with Crippen LogP contribution in [0.25, 0.3) is 5.52 Å². The summed E-state index contributed by atoms with van der Waals surface area (Å²) in [5.74, 6) is 1.36. The number of ether oxygens (including phenoxy) is 1. The summed E-state index contributed by atoms with van der Waals surface area (Å²) in [6.07, 6.45) is 5.70. The molecule has 0 aliphatic carbocycles. The van der Waals surface area contributed by atoms with E-state index in [2.05, 4.69) is 16.4 Å². The third-order valence-electron chi connectivity index (χ3n) is 4.54. The zero-order valence-electron chi connectivity index (χ0n) is 13.1. The Bertz CT molecular complexity index is 873. The number of thiophene rings is 1. The molecule has 1 fully saturated rings. The molecule has 0 N–H and O–H groups in total. The third kappa shape index (κ3) is 2.62. The molecular formula is C17H19N3O2S. The van der Waals surface area contributed by atoms with E-state index in [9.17, 15) is 4.79 Å². The van der Waals surface area contributed by atoms with Gasteiger partial charge in [0.25, 0.3) is 5.56 Å². The molecule has 1 aliphatic rings. The molecule has 5 nitrogen and oxygen atoms in total. The van der Waals surface area contributed by atoms with Gasteiger partial charge in [-0.1, -0.05) is 0 Å². The van der Waals surface area contributed by atoms with E-state index in [0.29, 0.717) is 18.0 Å². The summed E-state index contributed by atoms with van der Waals surface area (Å²) in [6.45, 7) is 4.14. The Morgan fingerprint density at radius 1 is 1.39 bits per heavy atom. The van der Waals surface area contributed by atoms with Crippen molar-refractivity contribution in [2.24, 2.45) is 0 Å². The van der Waals surface area contributed by atoms with Gasteiger partial charge in [-0.25, -0.2) is 4.98 Å². The number of hydrogen-bond acceptors (Lipinski definition) is 4. The molecule has 4 rings (SSSR count).